The zero-order valence-corrected chi connectivity index (χ0v) is 11.6. The molecule has 2 aliphatic rings. The number of aryl methyl sites for hydroxylation is 1. The van der Waals surface area contributed by atoms with Gasteiger partial charge in [0.1, 0.15) is 0 Å². The summed E-state index contributed by atoms with van der Waals surface area (Å²) >= 11 is 0. The van der Waals surface area contributed by atoms with E-state index in [1.165, 1.54) is 18.2 Å². The van der Waals surface area contributed by atoms with E-state index in [1.54, 1.807) is 0 Å². The van der Waals surface area contributed by atoms with Gasteiger partial charge in [0.05, 0.1) is 31.2 Å². The molecule has 1 saturated carbocycles. The minimum absolute atomic E-state index is 0.0737. The number of carbonyl (C=O) groups excluding carboxylic acids is 1. The van der Waals surface area contributed by atoms with Gasteiger partial charge in [-0.25, -0.2) is 0 Å². The number of hydrogen-bond donors (Lipinski definition) is 0. The zero-order chi connectivity index (χ0) is 13.5. The van der Waals surface area contributed by atoms with E-state index < -0.39 is 0 Å². The maximum Gasteiger partial charge on any atom is 0.312 e. The molecule has 0 spiro atoms. The molecule has 0 unspecified atom stereocenters. The Balaban J connectivity index is 1.97. The maximum absolute atomic E-state index is 12.2. The van der Waals surface area contributed by atoms with Gasteiger partial charge in [-0.2, -0.15) is 0 Å². The summed E-state index contributed by atoms with van der Waals surface area (Å²) in [5, 5.41) is 0. The molecule has 1 aromatic rings. The Kier molecular flexibility index (Phi) is 2.90. The fourth-order valence-electron chi connectivity index (χ4n) is 3.28. The third kappa shape index (κ3) is 1.64. The maximum atomic E-state index is 12.2. The summed E-state index contributed by atoms with van der Waals surface area (Å²) < 4.78 is 10.5. The fraction of sp³-hybridized carbons (Fsp3) is 0.562. The van der Waals surface area contributed by atoms with Crippen LogP contribution in [0.15, 0.2) is 24.3 Å². The summed E-state index contributed by atoms with van der Waals surface area (Å²) in [5.41, 5.74) is 2.04. The average Bonchev–Trinajstić information content (AvgIpc) is 3.19. The molecule has 0 amide bonds. The van der Waals surface area contributed by atoms with Crippen LogP contribution in [0.1, 0.15) is 30.9 Å². The van der Waals surface area contributed by atoms with Crippen molar-refractivity contribution in [3.63, 3.8) is 0 Å². The third-order valence-electron chi connectivity index (χ3n) is 4.85. The average molecular weight is 260 g/mol. The van der Waals surface area contributed by atoms with E-state index in [1.807, 2.05) is 0 Å². The summed E-state index contributed by atoms with van der Waals surface area (Å²) in [4.78, 5) is 12.2. The largest absolute Gasteiger partial charge is 0.469 e. The summed E-state index contributed by atoms with van der Waals surface area (Å²) in [6, 6.07) is 8.63. The van der Waals surface area contributed by atoms with Crippen molar-refractivity contribution in [2.45, 2.75) is 31.6 Å². The van der Waals surface area contributed by atoms with E-state index in [-0.39, 0.29) is 16.8 Å². The normalized spacial score (nSPS) is 22.4. The van der Waals surface area contributed by atoms with Crippen molar-refractivity contribution < 1.29 is 14.3 Å². The molecule has 3 nitrogen and oxygen atoms in total. The summed E-state index contributed by atoms with van der Waals surface area (Å²) in [7, 11) is 1.48. The van der Waals surface area contributed by atoms with Gasteiger partial charge in [-0.05, 0) is 30.4 Å². The van der Waals surface area contributed by atoms with E-state index in [2.05, 4.69) is 31.2 Å². The molecule has 19 heavy (non-hydrogen) atoms. The highest BCUT2D eigenvalue weighted by molar-refractivity contribution is 5.82. The van der Waals surface area contributed by atoms with Gasteiger partial charge in [0.25, 0.3) is 0 Å². The predicted molar refractivity (Wildman–Crippen MR) is 72.0 cm³/mol. The first-order valence-corrected chi connectivity index (χ1v) is 6.94. The first-order chi connectivity index (χ1) is 9.18. The molecule has 0 bridgehead atoms. The van der Waals surface area contributed by atoms with Gasteiger partial charge < -0.3 is 9.47 Å². The second kappa shape index (κ2) is 4.34. The second-order valence-electron chi connectivity index (χ2n) is 5.70. The molecular formula is C16H20O3. The highest BCUT2D eigenvalue weighted by atomic mass is 16.5. The quantitative estimate of drug-likeness (QED) is 0.780. The van der Waals surface area contributed by atoms with Gasteiger partial charge >= 0.3 is 5.97 Å². The molecule has 2 fully saturated rings. The van der Waals surface area contributed by atoms with Crippen LogP contribution < -0.4 is 0 Å². The molecule has 1 aromatic carbocycles. The molecule has 0 atom stereocenters. The standard InChI is InChI=1S/C16H20O3/c1-3-12-4-6-13(7-5-12)16(10-19-11-16)15(8-9-15)14(17)18-2/h4-7H,3,8-11H2,1-2H3. The minimum atomic E-state index is -0.340. The van der Waals surface area contributed by atoms with Crippen LogP contribution in [0.5, 0.6) is 0 Å². The zero-order valence-electron chi connectivity index (χ0n) is 11.6. The third-order valence-corrected chi connectivity index (χ3v) is 4.85. The van der Waals surface area contributed by atoms with Gasteiger partial charge in [0.2, 0.25) is 0 Å². The number of esters is 1. The van der Waals surface area contributed by atoms with Crippen molar-refractivity contribution in [3.8, 4) is 0 Å². The van der Waals surface area contributed by atoms with Crippen LogP contribution in [0, 0.1) is 5.41 Å². The van der Waals surface area contributed by atoms with Crippen LogP contribution in [0.25, 0.3) is 0 Å². The van der Waals surface area contributed by atoms with Crippen LogP contribution in [0.3, 0.4) is 0 Å². The highest BCUT2D eigenvalue weighted by Gasteiger charge is 2.68. The Morgan fingerprint density at radius 2 is 1.89 bits per heavy atom. The van der Waals surface area contributed by atoms with Crippen molar-refractivity contribution >= 4 is 5.97 Å². The Bertz CT molecular complexity index is 481. The lowest BCUT2D eigenvalue weighted by Crippen LogP contribution is -2.56. The number of methoxy groups -OCH3 is 1. The van der Waals surface area contributed by atoms with E-state index in [9.17, 15) is 4.79 Å². The Labute approximate surface area is 113 Å². The molecular weight excluding hydrogens is 240 g/mol. The molecule has 0 radical (unpaired) electrons. The summed E-state index contributed by atoms with van der Waals surface area (Å²) in [6.07, 6.45) is 2.86. The van der Waals surface area contributed by atoms with Gasteiger partial charge in [-0.3, -0.25) is 4.79 Å². The number of carbonyl (C=O) groups is 1. The molecule has 3 rings (SSSR count). The number of ether oxygens (including phenoxy) is 2. The second-order valence-corrected chi connectivity index (χ2v) is 5.70. The minimum Gasteiger partial charge on any atom is -0.469 e. The predicted octanol–water partition coefficient (Wildman–Crippen LogP) is 2.47. The number of benzene rings is 1. The fourth-order valence-corrected chi connectivity index (χ4v) is 3.28. The molecule has 1 saturated heterocycles. The first kappa shape index (κ1) is 12.7. The SMILES string of the molecule is CCc1ccc(C2(C3(C(=O)OC)CC3)COC2)cc1. The highest BCUT2D eigenvalue weighted by Crippen LogP contribution is 2.63. The number of hydrogen-bond acceptors (Lipinski definition) is 3. The molecule has 1 aliphatic heterocycles. The van der Waals surface area contributed by atoms with Crippen molar-refractivity contribution in [2.75, 3.05) is 20.3 Å². The molecule has 1 aliphatic carbocycles. The van der Waals surface area contributed by atoms with Crippen LogP contribution in [-0.4, -0.2) is 26.3 Å². The van der Waals surface area contributed by atoms with Gasteiger partial charge in [0.15, 0.2) is 0 Å². The topological polar surface area (TPSA) is 35.5 Å². The van der Waals surface area contributed by atoms with Crippen LogP contribution in [0.2, 0.25) is 0 Å². The van der Waals surface area contributed by atoms with Gasteiger partial charge in [0, 0.05) is 0 Å². The molecule has 102 valence electrons. The lowest BCUT2D eigenvalue weighted by atomic mass is 9.66. The van der Waals surface area contributed by atoms with E-state index >= 15 is 0 Å². The van der Waals surface area contributed by atoms with E-state index in [0.29, 0.717) is 13.2 Å². The van der Waals surface area contributed by atoms with Gasteiger partial charge in [-0.15, -0.1) is 0 Å². The molecule has 0 N–H and O–H groups in total. The lowest BCUT2D eigenvalue weighted by molar-refractivity contribution is -0.164. The number of rotatable bonds is 4. The molecule has 0 aromatic heterocycles. The Morgan fingerprint density at radius 1 is 1.26 bits per heavy atom. The first-order valence-electron chi connectivity index (χ1n) is 6.94. The smallest absolute Gasteiger partial charge is 0.312 e. The van der Waals surface area contributed by atoms with Crippen molar-refractivity contribution in [3.05, 3.63) is 35.4 Å². The van der Waals surface area contributed by atoms with Gasteiger partial charge in [-0.1, -0.05) is 31.2 Å². The van der Waals surface area contributed by atoms with Crippen molar-refractivity contribution in [1.82, 2.24) is 0 Å². The van der Waals surface area contributed by atoms with Crippen LogP contribution in [0.4, 0.5) is 0 Å². The van der Waals surface area contributed by atoms with Crippen LogP contribution >= 0.6 is 0 Å². The Hall–Kier alpha value is -1.35. The molecule has 1 heterocycles. The van der Waals surface area contributed by atoms with Crippen LogP contribution in [-0.2, 0) is 26.1 Å². The van der Waals surface area contributed by atoms with Crippen molar-refractivity contribution in [2.24, 2.45) is 5.41 Å². The summed E-state index contributed by atoms with van der Waals surface area (Å²) in [5.74, 6) is -0.0737. The Morgan fingerprint density at radius 3 is 2.26 bits per heavy atom. The van der Waals surface area contributed by atoms with E-state index in [4.69, 9.17) is 9.47 Å². The van der Waals surface area contributed by atoms with Crippen molar-refractivity contribution in [1.29, 1.82) is 0 Å². The monoisotopic (exact) mass is 260 g/mol. The molecule has 3 heteroatoms. The van der Waals surface area contributed by atoms with E-state index in [0.717, 1.165) is 19.3 Å². The summed E-state index contributed by atoms with van der Waals surface area (Å²) in [6.45, 7) is 3.41. The lowest BCUT2D eigenvalue weighted by Gasteiger charge is -2.47.